The van der Waals surface area contributed by atoms with Crippen molar-refractivity contribution in [1.82, 2.24) is 9.88 Å². The van der Waals surface area contributed by atoms with Gasteiger partial charge >= 0.3 is 0 Å². The Balaban J connectivity index is 1.85. The first-order valence-corrected chi connectivity index (χ1v) is 8.63. The van der Waals surface area contributed by atoms with Crippen molar-refractivity contribution in [3.63, 3.8) is 0 Å². The Labute approximate surface area is 147 Å². The third-order valence-corrected chi connectivity index (χ3v) is 3.66. The number of aromatic nitrogens is 1. The van der Waals surface area contributed by atoms with E-state index in [4.69, 9.17) is 20.9 Å². The predicted octanol–water partition coefficient (Wildman–Crippen LogP) is 3.23. The largest absolute Gasteiger partial charge is 0.434 e. The standard InChI is InChI=1S/C17H24ClN3O3/c1-3-9-21(10-4-2)11-13(22)12-23-20-16(18)17-19-14-7-5-6-8-15(14)24-17/h5-8,13,22H,3-4,9-12H2,1-2H3/b20-16-. The van der Waals surface area contributed by atoms with Crippen molar-refractivity contribution in [1.29, 1.82) is 0 Å². The van der Waals surface area contributed by atoms with Crippen LogP contribution in [0.2, 0.25) is 0 Å². The molecule has 2 aromatic rings. The lowest BCUT2D eigenvalue weighted by molar-refractivity contribution is 0.0192. The normalized spacial score (nSPS) is 13.6. The second kappa shape index (κ2) is 9.61. The maximum atomic E-state index is 10.1. The summed E-state index contributed by atoms with van der Waals surface area (Å²) in [5.41, 5.74) is 1.34. The molecule has 24 heavy (non-hydrogen) atoms. The molecule has 1 N–H and O–H groups in total. The molecule has 1 heterocycles. The number of halogens is 1. The van der Waals surface area contributed by atoms with E-state index >= 15 is 0 Å². The minimum Gasteiger partial charge on any atom is -0.434 e. The molecule has 0 radical (unpaired) electrons. The van der Waals surface area contributed by atoms with Crippen LogP contribution in [-0.2, 0) is 4.84 Å². The van der Waals surface area contributed by atoms with Crippen LogP contribution in [0.3, 0.4) is 0 Å². The van der Waals surface area contributed by atoms with Gasteiger partial charge in [-0.05, 0) is 38.1 Å². The van der Waals surface area contributed by atoms with E-state index in [-0.39, 0.29) is 17.7 Å². The van der Waals surface area contributed by atoms with Crippen LogP contribution >= 0.6 is 11.6 Å². The van der Waals surface area contributed by atoms with Crippen molar-refractivity contribution in [2.45, 2.75) is 32.8 Å². The number of benzene rings is 1. The van der Waals surface area contributed by atoms with Gasteiger partial charge in [0.25, 0.3) is 5.89 Å². The Bertz CT molecular complexity index is 620. The first kappa shape index (κ1) is 18.7. The van der Waals surface area contributed by atoms with Gasteiger partial charge in [0, 0.05) is 6.54 Å². The molecule has 0 amide bonds. The summed E-state index contributed by atoms with van der Waals surface area (Å²) in [4.78, 5) is 11.6. The number of aliphatic hydroxyl groups is 1. The summed E-state index contributed by atoms with van der Waals surface area (Å²) in [6.07, 6.45) is 1.48. The van der Waals surface area contributed by atoms with Crippen LogP contribution in [0.1, 0.15) is 32.6 Å². The van der Waals surface area contributed by atoms with Gasteiger partial charge in [-0.3, -0.25) is 0 Å². The van der Waals surface area contributed by atoms with Crippen molar-refractivity contribution in [3.8, 4) is 0 Å². The van der Waals surface area contributed by atoms with Gasteiger partial charge in [-0.25, -0.2) is 4.98 Å². The Morgan fingerprint density at radius 1 is 1.33 bits per heavy atom. The molecule has 0 aliphatic heterocycles. The number of hydrogen-bond donors (Lipinski definition) is 1. The highest BCUT2D eigenvalue weighted by atomic mass is 35.5. The fraction of sp³-hybridized carbons (Fsp3) is 0.529. The molecule has 0 aliphatic rings. The van der Waals surface area contributed by atoms with E-state index in [1.807, 2.05) is 18.2 Å². The summed E-state index contributed by atoms with van der Waals surface area (Å²) in [6.45, 7) is 6.78. The average Bonchev–Trinajstić information content (AvgIpc) is 2.99. The SMILES string of the molecule is CCCN(CCC)CC(O)CO/N=C(\Cl)c1nc2ccccc2o1. The Morgan fingerprint density at radius 3 is 2.71 bits per heavy atom. The molecule has 0 fully saturated rings. The van der Waals surface area contributed by atoms with Gasteiger partial charge in [0.2, 0.25) is 5.17 Å². The van der Waals surface area contributed by atoms with E-state index < -0.39 is 6.10 Å². The zero-order valence-corrected chi connectivity index (χ0v) is 14.9. The van der Waals surface area contributed by atoms with E-state index in [1.54, 1.807) is 6.07 Å². The van der Waals surface area contributed by atoms with Crippen LogP contribution in [0, 0.1) is 0 Å². The highest BCUT2D eigenvalue weighted by Gasteiger charge is 2.13. The number of hydrogen-bond acceptors (Lipinski definition) is 6. The van der Waals surface area contributed by atoms with E-state index in [2.05, 4.69) is 28.9 Å². The van der Waals surface area contributed by atoms with Crippen LogP contribution in [0.15, 0.2) is 33.8 Å². The molecule has 1 unspecified atom stereocenters. The minimum absolute atomic E-state index is 0.0253. The number of fused-ring (bicyclic) bond motifs is 1. The van der Waals surface area contributed by atoms with Gasteiger partial charge in [0.05, 0.1) is 0 Å². The Hall–Kier alpha value is -1.63. The molecule has 0 spiro atoms. The van der Waals surface area contributed by atoms with Crippen molar-refractivity contribution in [2.24, 2.45) is 5.16 Å². The first-order valence-electron chi connectivity index (χ1n) is 8.25. The summed E-state index contributed by atoms with van der Waals surface area (Å²) in [7, 11) is 0. The Kier molecular flexibility index (Phi) is 7.49. The maximum absolute atomic E-state index is 10.1. The molecule has 0 saturated carbocycles. The maximum Gasteiger partial charge on any atom is 0.261 e. The third-order valence-electron chi connectivity index (χ3n) is 3.43. The van der Waals surface area contributed by atoms with Crippen molar-refractivity contribution >= 4 is 27.9 Å². The van der Waals surface area contributed by atoms with Gasteiger partial charge in [-0.1, -0.05) is 42.7 Å². The molecule has 0 saturated heterocycles. The van der Waals surface area contributed by atoms with Crippen LogP contribution < -0.4 is 0 Å². The molecule has 0 aliphatic carbocycles. The number of rotatable bonds is 10. The first-order chi connectivity index (χ1) is 11.6. The van der Waals surface area contributed by atoms with Crippen LogP contribution in [0.4, 0.5) is 0 Å². The number of nitrogens with zero attached hydrogens (tertiary/aromatic N) is 3. The second-order valence-electron chi connectivity index (χ2n) is 5.62. The molecule has 1 aromatic heterocycles. The summed E-state index contributed by atoms with van der Waals surface area (Å²) < 4.78 is 5.49. The summed E-state index contributed by atoms with van der Waals surface area (Å²) in [5.74, 6) is 0.200. The lowest BCUT2D eigenvalue weighted by Gasteiger charge is -2.23. The van der Waals surface area contributed by atoms with E-state index in [9.17, 15) is 5.11 Å². The number of aliphatic hydroxyl groups excluding tert-OH is 1. The number of oxime groups is 1. The molecule has 1 aromatic carbocycles. The van der Waals surface area contributed by atoms with Gasteiger partial charge in [0.1, 0.15) is 18.2 Å². The zero-order valence-electron chi connectivity index (χ0n) is 14.1. The van der Waals surface area contributed by atoms with Crippen LogP contribution in [0.25, 0.3) is 11.1 Å². The molecule has 7 heteroatoms. The Morgan fingerprint density at radius 2 is 2.04 bits per heavy atom. The molecule has 0 bridgehead atoms. The molecule has 6 nitrogen and oxygen atoms in total. The summed E-state index contributed by atoms with van der Waals surface area (Å²) >= 11 is 6.04. The summed E-state index contributed by atoms with van der Waals surface area (Å²) in [5, 5.41) is 13.9. The third kappa shape index (κ3) is 5.47. The predicted molar refractivity (Wildman–Crippen MR) is 95.4 cm³/mol. The smallest absolute Gasteiger partial charge is 0.261 e. The molecule has 1 atom stereocenters. The van der Waals surface area contributed by atoms with E-state index in [1.165, 1.54) is 0 Å². The number of oxazole rings is 1. The lowest BCUT2D eigenvalue weighted by Crippen LogP contribution is -2.35. The summed E-state index contributed by atoms with van der Waals surface area (Å²) in [6, 6.07) is 7.35. The fourth-order valence-corrected chi connectivity index (χ4v) is 2.59. The average molecular weight is 354 g/mol. The van der Waals surface area contributed by atoms with E-state index in [0.29, 0.717) is 17.6 Å². The van der Waals surface area contributed by atoms with Gasteiger partial charge in [0.15, 0.2) is 5.58 Å². The van der Waals surface area contributed by atoms with Crippen molar-refractivity contribution in [2.75, 3.05) is 26.2 Å². The molecular formula is C17H24ClN3O3. The molecule has 2 rings (SSSR count). The molecule has 132 valence electrons. The van der Waals surface area contributed by atoms with Crippen molar-refractivity contribution < 1.29 is 14.4 Å². The minimum atomic E-state index is -0.625. The number of para-hydroxylation sites is 2. The van der Waals surface area contributed by atoms with Crippen LogP contribution in [-0.4, -0.2) is 52.5 Å². The topological polar surface area (TPSA) is 71.1 Å². The monoisotopic (exact) mass is 353 g/mol. The quantitative estimate of drug-likeness (QED) is 0.524. The lowest BCUT2D eigenvalue weighted by atomic mass is 10.3. The fourth-order valence-electron chi connectivity index (χ4n) is 2.46. The van der Waals surface area contributed by atoms with Gasteiger partial charge < -0.3 is 19.3 Å². The van der Waals surface area contributed by atoms with Crippen molar-refractivity contribution in [3.05, 3.63) is 30.2 Å². The van der Waals surface area contributed by atoms with Gasteiger partial charge in [-0.15, -0.1) is 0 Å². The molecular weight excluding hydrogens is 330 g/mol. The van der Waals surface area contributed by atoms with Gasteiger partial charge in [-0.2, -0.15) is 0 Å². The highest BCUT2D eigenvalue weighted by Crippen LogP contribution is 2.16. The van der Waals surface area contributed by atoms with E-state index in [0.717, 1.165) is 25.9 Å². The zero-order chi connectivity index (χ0) is 17.4. The van der Waals surface area contributed by atoms with Crippen LogP contribution in [0.5, 0.6) is 0 Å². The highest BCUT2D eigenvalue weighted by molar-refractivity contribution is 6.68. The second-order valence-corrected chi connectivity index (χ2v) is 5.98.